The summed E-state index contributed by atoms with van der Waals surface area (Å²) in [4.78, 5) is 0. The zero-order valence-corrected chi connectivity index (χ0v) is 9.76. The summed E-state index contributed by atoms with van der Waals surface area (Å²) in [5.41, 5.74) is 2.52. The highest BCUT2D eigenvalue weighted by atomic mass is 35.5. The van der Waals surface area contributed by atoms with E-state index >= 15 is 0 Å². The second kappa shape index (κ2) is 4.57. The molecule has 2 aromatic carbocycles. The lowest BCUT2D eigenvalue weighted by Crippen LogP contribution is -1.80. The van der Waals surface area contributed by atoms with Gasteiger partial charge >= 0.3 is 0 Å². The first-order valence-corrected chi connectivity index (χ1v) is 5.42. The van der Waals surface area contributed by atoms with Crippen LogP contribution in [-0.2, 0) is 0 Å². The smallest absolute Gasteiger partial charge is 0.0991 e. The molecule has 2 rings (SSSR count). The number of rotatable bonds is 1. The molecule has 0 heterocycles. The Morgan fingerprint density at radius 3 is 2.19 bits per heavy atom. The Balaban J connectivity index is 2.47. The van der Waals surface area contributed by atoms with E-state index in [-0.39, 0.29) is 0 Å². The lowest BCUT2D eigenvalue weighted by Gasteiger charge is -2.04. The molecule has 0 aliphatic heterocycles. The van der Waals surface area contributed by atoms with E-state index in [1.54, 1.807) is 24.3 Å². The molecule has 2 aromatic rings. The van der Waals surface area contributed by atoms with Crippen LogP contribution in [0.15, 0.2) is 42.5 Å². The largest absolute Gasteiger partial charge is 0.192 e. The summed E-state index contributed by atoms with van der Waals surface area (Å²) in [6.45, 7) is 0. The van der Waals surface area contributed by atoms with Crippen LogP contribution in [0.3, 0.4) is 0 Å². The number of benzene rings is 2. The third kappa shape index (κ3) is 2.19. The molecule has 0 atom stereocenters. The molecule has 0 bridgehead atoms. The van der Waals surface area contributed by atoms with Crippen LogP contribution in [0, 0.1) is 11.3 Å². The van der Waals surface area contributed by atoms with Gasteiger partial charge in [-0.2, -0.15) is 5.26 Å². The normalized spacial score (nSPS) is 9.81. The number of nitriles is 1. The molecule has 0 amide bonds. The van der Waals surface area contributed by atoms with Crippen LogP contribution < -0.4 is 0 Å². The summed E-state index contributed by atoms with van der Waals surface area (Å²) >= 11 is 11.9. The van der Waals surface area contributed by atoms with Crippen LogP contribution in [0.4, 0.5) is 0 Å². The molecule has 0 saturated heterocycles. The lowest BCUT2D eigenvalue weighted by molar-refractivity contribution is 1.48. The van der Waals surface area contributed by atoms with Crippen molar-refractivity contribution < 1.29 is 0 Å². The van der Waals surface area contributed by atoms with Gasteiger partial charge < -0.3 is 0 Å². The molecule has 0 aliphatic carbocycles. The molecule has 1 nitrogen and oxygen atoms in total. The van der Waals surface area contributed by atoms with E-state index in [1.165, 1.54) is 0 Å². The van der Waals surface area contributed by atoms with E-state index in [2.05, 4.69) is 6.07 Å². The molecular weight excluding hydrogens is 241 g/mol. The van der Waals surface area contributed by atoms with E-state index in [9.17, 15) is 0 Å². The van der Waals surface area contributed by atoms with Gasteiger partial charge in [-0.15, -0.1) is 0 Å². The molecule has 0 unspecified atom stereocenters. The average molecular weight is 248 g/mol. The van der Waals surface area contributed by atoms with Crippen LogP contribution in [0.25, 0.3) is 11.1 Å². The van der Waals surface area contributed by atoms with E-state index in [0.29, 0.717) is 15.6 Å². The first-order valence-electron chi connectivity index (χ1n) is 4.66. The van der Waals surface area contributed by atoms with Gasteiger partial charge in [-0.05, 0) is 29.8 Å². The maximum atomic E-state index is 8.70. The van der Waals surface area contributed by atoms with E-state index in [1.807, 2.05) is 18.2 Å². The van der Waals surface area contributed by atoms with Gasteiger partial charge in [-0.25, -0.2) is 0 Å². The maximum absolute atomic E-state index is 8.70. The molecule has 16 heavy (non-hydrogen) atoms. The van der Waals surface area contributed by atoms with Gasteiger partial charge in [0.1, 0.15) is 0 Å². The molecule has 0 spiro atoms. The number of hydrogen-bond acceptors (Lipinski definition) is 1. The van der Waals surface area contributed by atoms with Crippen molar-refractivity contribution in [1.82, 2.24) is 0 Å². The van der Waals surface area contributed by atoms with Crippen molar-refractivity contribution in [2.24, 2.45) is 0 Å². The van der Waals surface area contributed by atoms with Gasteiger partial charge in [0, 0.05) is 15.6 Å². The highest BCUT2D eigenvalue weighted by Gasteiger charge is 2.03. The molecule has 78 valence electrons. The monoisotopic (exact) mass is 247 g/mol. The fourth-order valence-corrected chi connectivity index (χ4v) is 1.97. The fourth-order valence-electron chi connectivity index (χ4n) is 1.45. The van der Waals surface area contributed by atoms with Gasteiger partial charge in [0.05, 0.1) is 11.6 Å². The van der Waals surface area contributed by atoms with Crippen LogP contribution in [0.2, 0.25) is 10.0 Å². The molecule has 0 N–H and O–H groups in total. The van der Waals surface area contributed by atoms with Gasteiger partial charge in [-0.1, -0.05) is 41.4 Å². The summed E-state index contributed by atoms with van der Waals surface area (Å²) in [5, 5.41) is 9.92. The Morgan fingerprint density at radius 1 is 0.938 bits per heavy atom. The Hall–Kier alpha value is -1.49. The molecular formula is C13H7Cl2N. The molecule has 0 saturated carbocycles. The molecule has 0 aromatic heterocycles. The van der Waals surface area contributed by atoms with Gasteiger partial charge in [-0.3, -0.25) is 0 Å². The van der Waals surface area contributed by atoms with Crippen LogP contribution in [0.1, 0.15) is 5.56 Å². The summed E-state index contributed by atoms with van der Waals surface area (Å²) in [6, 6.07) is 14.7. The van der Waals surface area contributed by atoms with Gasteiger partial charge in [0.15, 0.2) is 0 Å². The Bertz CT molecular complexity index is 553. The summed E-state index contributed by atoms with van der Waals surface area (Å²) in [7, 11) is 0. The molecule has 0 radical (unpaired) electrons. The van der Waals surface area contributed by atoms with Crippen LogP contribution in [-0.4, -0.2) is 0 Å². The minimum Gasteiger partial charge on any atom is -0.192 e. The Morgan fingerprint density at radius 2 is 1.62 bits per heavy atom. The third-order valence-corrected chi connectivity index (χ3v) is 2.80. The van der Waals surface area contributed by atoms with Gasteiger partial charge in [0.25, 0.3) is 0 Å². The first-order chi connectivity index (χ1) is 7.70. The summed E-state index contributed by atoms with van der Waals surface area (Å²) in [6.07, 6.45) is 0. The zero-order chi connectivity index (χ0) is 11.5. The molecule has 3 heteroatoms. The first kappa shape index (κ1) is 11.0. The van der Waals surface area contributed by atoms with E-state index in [0.717, 1.165) is 11.1 Å². The summed E-state index contributed by atoms with van der Waals surface area (Å²) in [5.74, 6) is 0. The van der Waals surface area contributed by atoms with Crippen LogP contribution in [0.5, 0.6) is 0 Å². The zero-order valence-electron chi connectivity index (χ0n) is 8.24. The van der Waals surface area contributed by atoms with Crippen molar-refractivity contribution in [2.75, 3.05) is 0 Å². The highest BCUT2D eigenvalue weighted by molar-refractivity contribution is 6.36. The highest BCUT2D eigenvalue weighted by Crippen LogP contribution is 2.30. The SMILES string of the molecule is N#Cc1ccc(-c2ccc(Cl)cc2Cl)cc1. The number of halogens is 2. The quantitative estimate of drug-likeness (QED) is 0.727. The van der Waals surface area contributed by atoms with E-state index < -0.39 is 0 Å². The second-order valence-corrected chi connectivity index (χ2v) is 4.16. The van der Waals surface area contributed by atoms with Crippen molar-refractivity contribution in [3.05, 3.63) is 58.1 Å². The Labute approximate surface area is 104 Å². The summed E-state index contributed by atoms with van der Waals surface area (Å²) < 4.78 is 0. The second-order valence-electron chi connectivity index (χ2n) is 3.31. The average Bonchev–Trinajstić information content (AvgIpc) is 2.29. The number of hydrogen-bond donors (Lipinski definition) is 0. The lowest BCUT2D eigenvalue weighted by atomic mass is 10.0. The van der Waals surface area contributed by atoms with Crippen molar-refractivity contribution in [1.29, 1.82) is 5.26 Å². The molecule has 0 aliphatic rings. The predicted octanol–water partition coefficient (Wildman–Crippen LogP) is 4.53. The van der Waals surface area contributed by atoms with Crippen LogP contribution >= 0.6 is 23.2 Å². The predicted molar refractivity (Wildman–Crippen MR) is 66.6 cm³/mol. The topological polar surface area (TPSA) is 23.8 Å². The fraction of sp³-hybridized carbons (Fsp3) is 0. The standard InChI is InChI=1S/C13H7Cl2N/c14-11-5-6-12(13(15)7-11)10-3-1-9(8-16)2-4-10/h1-7H. The van der Waals surface area contributed by atoms with Crippen molar-refractivity contribution in [3.8, 4) is 17.2 Å². The third-order valence-electron chi connectivity index (χ3n) is 2.26. The van der Waals surface area contributed by atoms with Crippen molar-refractivity contribution in [3.63, 3.8) is 0 Å². The van der Waals surface area contributed by atoms with E-state index in [4.69, 9.17) is 28.5 Å². The Kier molecular flexibility index (Phi) is 3.14. The van der Waals surface area contributed by atoms with Crippen molar-refractivity contribution in [2.45, 2.75) is 0 Å². The molecule has 0 fully saturated rings. The van der Waals surface area contributed by atoms with Gasteiger partial charge in [0.2, 0.25) is 0 Å². The van der Waals surface area contributed by atoms with Crippen molar-refractivity contribution >= 4 is 23.2 Å². The minimum absolute atomic E-state index is 0.609. The maximum Gasteiger partial charge on any atom is 0.0991 e. The number of nitrogens with zero attached hydrogens (tertiary/aromatic N) is 1. The minimum atomic E-state index is 0.609.